The van der Waals surface area contributed by atoms with Gasteiger partial charge in [-0.3, -0.25) is 0 Å². The zero-order valence-corrected chi connectivity index (χ0v) is 13.5. The van der Waals surface area contributed by atoms with Crippen molar-refractivity contribution in [3.05, 3.63) is 35.4 Å². The van der Waals surface area contributed by atoms with Crippen LogP contribution in [0.2, 0.25) is 0 Å². The Bertz CT molecular complexity index is 414. The van der Waals surface area contributed by atoms with Gasteiger partial charge in [-0.05, 0) is 48.8 Å². The van der Waals surface area contributed by atoms with Crippen molar-refractivity contribution in [3.63, 3.8) is 0 Å². The van der Waals surface area contributed by atoms with Crippen molar-refractivity contribution in [2.45, 2.75) is 52.0 Å². The smallest absolute Gasteiger partial charge is 0.00514 e. The van der Waals surface area contributed by atoms with Gasteiger partial charge in [0.2, 0.25) is 0 Å². The van der Waals surface area contributed by atoms with Gasteiger partial charge in [0.1, 0.15) is 0 Å². The van der Waals surface area contributed by atoms with Crippen molar-refractivity contribution >= 4 is 0 Å². The van der Waals surface area contributed by atoms with Crippen LogP contribution in [0.1, 0.15) is 45.2 Å². The highest BCUT2D eigenvalue weighted by atomic mass is 15.1. The fourth-order valence-electron chi connectivity index (χ4n) is 2.95. The molecule has 0 radical (unpaired) electrons. The van der Waals surface area contributed by atoms with E-state index in [-0.39, 0.29) is 5.41 Å². The van der Waals surface area contributed by atoms with E-state index in [1.807, 2.05) is 0 Å². The van der Waals surface area contributed by atoms with Crippen LogP contribution in [0.15, 0.2) is 24.3 Å². The Morgan fingerprint density at radius 3 is 2.40 bits per heavy atom. The largest absolute Gasteiger partial charge is 0.328 e. The third kappa shape index (κ3) is 4.07. The molecule has 2 rings (SSSR count). The summed E-state index contributed by atoms with van der Waals surface area (Å²) in [5.41, 5.74) is 9.11. The van der Waals surface area contributed by atoms with E-state index in [0.29, 0.717) is 12.0 Å². The zero-order chi connectivity index (χ0) is 14.8. The summed E-state index contributed by atoms with van der Waals surface area (Å²) in [4.78, 5) is 2.56. The first kappa shape index (κ1) is 15.5. The molecule has 20 heavy (non-hydrogen) atoms. The molecule has 1 saturated heterocycles. The lowest BCUT2D eigenvalue weighted by molar-refractivity contribution is 0.319. The summed E-state index contributed by atoms with van der Waals surface area (Å²) in [5.74, 6) is 0.693. The van der Waals surface area contributed by atoms with E-state index in [9.17, 15) is 0 Å². The monoisotopic (exact) mass is 274 g/mol. The second kappa shape index (κ2) is 6.28. The Morgan fingerprint density at radius 1 is 1.25 bits per heavy atom. The molecule has 2 unspecified atom stereocenters. The van der Waals surface area contributed by atoms with Crippen molar-refractivity contribution in [2.24, 2.45) is 11.7 Å². The molecule has 2 heteroatoms. The number of hydrogen-bond acceptors (Lipinski definition) is 2. The molecule has 0 saturated carbocycles. The van der Waals surface area contributed by atoms with Crippen molar-refractivity contribution < 1.29 is 0 Å². The molecule has 1 aliphatic heterocycles. The number of likely N-dealkylation sites (tertiary alicyclic amines) is 1. The van der Waals surface area contributed by atoms with Crippen molar-refractivity contribution in [1.29, 1.82) is 0 Å². The van der Waals surface area contributed by atoms with E-state index in [1.165, 1.54) is 30.6 Å². The van der Waals surface area contributed by atoms with Gasteiger partial charge in [0.15, 0.2) is 0 Å². The van der Waals surface area contributed by atoms with Crippen LogP contribution in [-0.2, 0) is 11.8 Å². The Balaban J connectivity index is 1.83. The normalized spacial score (nSPS) is 22.1. The second-order valence-corrected chi connectivity index (χ2v) is 7.41. The molecule has 112 valence electrons. The van der Waals surface area contributed by atoms with Gasteiger partial charge >= 0.3 is 0 Å². The van der Waals surface area contributed by atoms with Crippen LogP contribution in [0.4, 0.5) is 0 Å². The first-order valence-electron chi connectivity index (χ1n) is 7.93. The van der Waals surface area contributed by atoms with Crippen LogP contribution < -0.4 is 5.73 Å². The van der Waals surface area contributed by atoms with Crippen LogP contribution in [0, 0.1) is 5.92 Å². The van der Waals surface area contributed by atoms with Crippen LogP contribution >= 0.6 is 0 Å². The molecule has 2 N–H and O–H groups in total. The van der Waals surface area contributed by atoms with Crippen molar-refractivity contribution in [2.75, 3.05) is 19.6 Å². The van der Waals surface area contributed by atoms with E-state index >= 15 is 0 Å². The maximum atomic E-state index is 6.00. The summed E-state index contributed by atoms with van der Waals surface area (Å²) in [6.07, 6.45) is 2.41. The van der Waals surface area contributed by atoms with E-state index in [0.717, 1.165) is 13.0 Å². The molecular weight excluding hydrogens is 244 g/mol. The Hall–Kier alpha value is -0.860. The lowest BCUT2D eigenvalue weighted by Gasteiger charge is -2.20. The topological polar surface area (TPSA) is 29.3 Å². The quantitative estimate of drug-likeness (QED) is 0.913. The fourth-order valence-corrected chi connectivity index (χ4v) is 2.95. The number of benzene rings is 1. The highest BCUT2D eigenvalue weighted by Gasteiger charge is 2.24. The maximum absolute atomic E-state index is 6.00. The van der Waals surface area contributed by atoms with E-state index < -0.39 is 0 Å². The van der Waals surface area contributed by atoms with Crippen LogP contribution in [0.25, 0.3) is 0 Å². The molecule has 1 aliphatic rings. The first-order chi connectivity index (χ1) is 9.36. The Labute approximate surface area is 124 Å². The fraction of sp³-hybridized carbons (Fsp3) is 0.667. The van der Waals surface area contributed by atoms with Gasteiger partial charge in [-0.2, -0.15) is 0 Å². The summed E-state index contributed by atoms with van der Waals surface area (Å²) in [6, 6.07) is 9.49. The lowest BCUT2D eigenvalue weighted by atomic mass is 9.86. The van der Waals surface area contributed by atoms with Crippen molar-refractivity contribution in [1.82, 2.24) is 4.90 Å². The summed E-state index contributed by atoms with van der Waals surface area (Å²) < 4.78 is 0. The molecule has 0 bridgehead atoms. The number of rotatable bonds is 4. The van der Waals surface area contributed by atoms with Gasteiger partial charge in [-0.1, -0.05) is 45.0 Å². The molecule has 0 aliphatic carbocycles. The van der Waals surface area contributed by atoms with Crippen molar-refractivity contribution in [3.8, 4) is 0 Å². The third-order valence-electron chi connectivity index (χ3n) is 4.59. The predicted molar refractivity (Wildman–Crippen MR) is 87.0 cm³/mol. The summed E-state index contributed by atoms with van der Waals surface area (Å²) in [6.45, 7) is 12.5. The molecule has 1 aromatic carbocycles. The molecule has 1 heterocycles. The van der Waals surface area contributed by atoms with Gasteiger partial charge in [-0.15, -0.1) is 0 Å². The van der Waals surface area contributed by atoms with Gasteiger partial charge in [-0.25, -0.2) is 0 Å². The van der Waals surface area contributed by atoms with Gasteiger partial charge < -0.3 is 10.6 Å². The van der Waals surface area contributed by atoms with Gasteiger partial charge in [0.05, 0.1) is 0 Å². The minimum Gasteiger partial charge on any atom is -0.328 e. The lowest BCUT2D eigenvalue weighted by Crippen LogP contribution is -2.30. The molecule has 0 spiro atoms. The molecule has 1 fully saturated rings. The molecule has 2 nitrogen and oxygen atoms in total. The van der Waals surface area contributed by atoms with Crippen LogP contribution in [-0.4, -0.2) is 30.6 Å². The highest BCUT2D eigenvalue weighted by Crippen LogP contribution is 2.23. The van der Waals surface area contributed by atoms with Gasteiger partial charge in [0, 0.05) is 19.1 Å². The first-order valence-corrected chi connectivity index (χ1v) is 7.93. The van der Waals surface area contributed by atoms with E-state index in [4.69, 9.17) is 5.73 Å². The SMILES string of the molecule is CC(N)C1CCN(CCc2ccc(C(C)(C)C)cc2)C1. The second-order valence-electron chi connectivity index (χ2n) is 7.41. The standard InChI is InChI=1S/C18H30N2/c1-14(19)16-10-12-20(13-16)11-9-15-5-7-17(8-6-15)18(2,3)4/h5-8,14,16H,9-13,19H2,1-4H3. The predicted octanol–water partition coefficient (Wildman–Crippen LogP) is 3.20. The Kier molecular flexibility index (Phi) is 4.87. The highest BCUT2D eigenvalue weighted by molar-refractivity contribution is 5.27. The van der Waals surface area contributed by atoms with Gasteiger partial charge in [0.25, 0.3) is 0 Å². The van der Waals surface area contributed by atoms with Crippen LogP contribution in [0.5, 0.6) is 0 Å². The number of nitrogens with two attached hydrogens (primary N) is 1. The van der Waals surface area contributed by atoms with E-state index in [2.05, 4.69) is 56.9 Å². The Morgan fingerprint density at radius 2 is 1.90 bits per heavy atom. The zero-order valence-electron chi connectivity index (χ0n) is 13.5. The minimum absolute atomic E-state index is 0.248. The average molecular weight is 274 g/mol. The minimum atomic E-state index is 0.248. The number of nitrogens with zero attached hydrogens (tertiary/aromatic N) is 1. The van der Waals surface area contributed by atoms with E-state index in [1.54, 1.807) is 0 Å². The summed E-state index contributed by atoms with van der Waals surface area (Å²) in [5, 5.41) is 0. The summed E-state index contributed by atoms with van der Waals surface area (Å²) >= 11 is 0. The molecule has 1 aromatic rings. The number of hydrogen-bond donors (Lipinski definition) is 1. The maximum Gasteiger partial charge on any atom is 0.00514 e. The molecule has 0 amide bonds. The van der Waals surface area contributed by atoms with Crippen LogP contribution in [0.3, 0.4) is 0 Å². The third-order valence-corrected chi connectivity index (χ3v) is 4.59. The molecular formula is C18H30N2. The molecule has 0 aromatic heterocycles. The molecule has 2 atom stereocenters. The average Bonchev–Trinajstić information content (AvgIpc) is 2.85. The summed E-state index contributed by atoms with van der Waals surface area (Å²) in [7, 11) is 0.